The summed E-state index contributed by atoms with van der Waals surface area (Å²) < 4.78 is 0.929. The molecule has 100 valence electrons. The lowest BCUT2D eigenvalue weighted by Gasteiger charge is -2.55. The minimum absolute atomic E-state index is 0.441. The molecule has 0 amide bonds. The summed E-state index contributed by atoms with van der Waals surface area (Å²) in [4.78, 5) is 0. The van der Waals surface area contributed by atoms with Crippen molar-refractivity contribution < 1.29 is 4.48 Å². The zero-order chi connectivity index (χ0) is 13.4. The summed E-state index contributed by atoms with van der Waals surface area (Å²) in [6.07, 6.45) is 3.35. The highest BCUT2D eigenvalue weighted by Crippen LogP contribution is 2.56. The molecule has 0 aliphatic carbocycles. The zero-order valence-electron chi connectivity index (χ0n) is 12.7. The Labute approximate surface area is 112 Å². The van der Waals surface area contributed by atoms with Crippen molar-refractivity contribution in [1.29, 1.82) is 0 Å². The van der Waals surface area contributed by atoms with E-state index >= 15 is 0 Å². The Balaban J connectivity index is 2.73. The van der Waals surface area contributed by atoms with Crippen LogP contribution in [0.4, 0.5) is 0 Å². The summed E-state index contributed by atoms with van der Waals surface area (Å²) in [6, 6.07) is 0. The van der Waals surface area contributed by atoms with Gasteiger partial charge in [0.1, 0.15) is 5.37 Å². The molecule has 1 rings (SSSR count). The van der Waals surface area contributed by atoms with Crippen LogP contribution in [0.5, 0.6) is 0 Å². The number of nitrogens with zero attached hydrogens (tertiary/aromatic N) is 1. The van der Waals surface area contributed by atoms with Crippen molar-refractivity contribution in [2.75, 3.05) is 14.1 Å². The first-order chi connectivity index (χ1) is 7.68. The summed E-state index contributed by atoms with van der Waals surface area (Å²) >= 11 is 2.16. The standard InChI is InChI=1S/C15H30NS/c1-9-11(3)15(5,6)13-12(4)14(17-13)16(7,8)10-2/h10-14H,2,9H2,1,3-8H3/q+1. The molecule has 0 bridgehead atoms. The molecule has 4 unspecified atom stereocenters. The van der Waals surface area contributed by atoms with E-state index < -0.39 is 0 Å². The quantitative estimate of drug-likeness (QED) is 0.659. The highest BCUT2D eigenvalue weighted by atomic mass is 32.2. The first-order valence-electron chi connectivity index (χ1n) is 6.80. The predicted molar refractivity (Wildman–Crippen MR) is 79.9 cm³/mol. The zero-order valence-corrected chi connectivity index (χ0v) is 13.5. The van der Waals surface area contributed by atoms with Crippen LogP contribution in [0.3, 0.4) is 0 Å². The first-order valence-corrected chi connectivity index (χ1v) is 7.75. The Bertz CT molecular complexity index is 283. The van der Waals surface area contributed by atoms with Crippen molar-refractivity contribution in [2.45, 2.75) is 51.7 Å². The normalized spacial score (nSPS) is 31.8. The Morgan fingerprint density at radius 2 is 1.94 bits per heavy atom. The number of quaternary nitrogens is 1. The maximum Gasteiger partial charge on any atom is 0.143 e. The molecule has 1 nitrogen and oxygen atoms in total. The Kier molecular flexibility index (Phi) is 4.42. The largest absolute Gasteiger partial charge is 0.291 e. The minimum atomic E-state index is 0.441. The van der Waals surface area contributed by atoms with Crippen molar-refractivity contribution in [3.05, 3.63) is 12.8 Å². The van der Waals surface area contributed by atoms with Gasteiger partial charge in [0.05, 0.1) is 20.3 Å². The second kappa shape index (κ2) is 4.97. The minimum Gasteiger partial charge on any atom is -0.291 e. The maximum atomic E-state index is 3.97. The van der Waals surface area contributed by atoms with Crippen LogP contribution in [-0.4, -0.2) is 29.2 Å². The average Bonchev–Trinajstić information content (AvgIpc) is 2.24. The van der Waals surface area contributed by atoms with Gasteiger partial charge in [0.15, 0.2) is 0 Å². The van der Waals surface area contributed by atoms with E-state index in [0.29, 0.717) is 10.8 Å². The van der Waals surface area contributed by atoms with Gasteiger partial charge in [0.2, 0.25) is 0 Å². The third-order valence-electron chi connectivity index (χ3n) is 4.96. The Morgan fingerprint density at radius 1 is 1.41 bits per heavy atom. The molecule has 0 N–H and O–H groups in total. The third kappa shape index (κ3) is 2.58. The van der Waals surface area contributed by atoms with E-state index in [9.17, 15) is 0 Å². The monoisotopic (exact) mass is 256 g/mol. The van der Waals surface area contributed by atoms with Crippen molar-refractivity contribution >= 4 is 11.8 Å². The highest BCUT2D eigenvalue weighted by molar-refractivity contribution is 8.01. The highest BCUT2D eigenvalue weighted by Gasteiger charge is 2.54. The van der Waals surface area contributed by atoms with Crippen LogP contribution in [-0.2, 0) is 0 Å². The first kappa shape index (κ1) is 15.1. The molecule has 2 heteroatoms. The summed E-state index contributed by atoms with van der Waals surface area (Å²) in [5, 5.41) is 1.47. The molecule has 1 aliphatic heterocycles. The fourth-order valence-electron chi connectivity index (χ4n) is 2.98. The molecule has 0 spiro atoms. The van der Waals surface area contributed by atoms with Gasteiger partial charge in [0, 0.05) is 11.2 Å². The van der Waals surface area contributed by atoms with Crippen molar-refractivity contribution in [3.8, 4) is 0 Å². The molecule has 4 atom stereocenters. The maximum absolute atomic E-state index is 3.97. The van der Waals surface area contributed by atoms with Crippen molar-refractivity contribution in [1.82, 2.24) is 0 Å². The van der Waals surface area contributed by atoms with Gasteiger partial charge in [-0.05, 0) is 17.9 Å². The van der Waals surface area contributed by atoms with Gasteiger partial charge in [-0.1, -0.05) is 52.8 Å². The lowest BCUT2D eigenvalue weighted by atomic mass is 9.71. The molecule has 0 aromatic carbocycles. The average molecular weight is 256 g/mol. The van der Waals surface area contributed by atoms with Crippen LogP contribution in [0.25, 0.3) is 0 Å². The van der Waals surface area contributed by atoms with Gasteiger partial charge in [-0.3, -0.25) is 4.48 Å². The molecule has 0 aromatic heterocycles. The van der Waals surface area contributed by atoms with Crippen LogP contribution in [0.2, 0.25) is 0 Å². The topological polar surface area (TPSA) is 0 Å². The van der Waals surface area contributed by atoms with E-state index in [4.69, 9.17) is 0 Å². The fourth-order valence-corrected chi connectivity index (χ4v) is 4.80. The van der Waals surface area contributed by atoms with Crippen LogP contribution in [0.1, 0.15) is 41.0 Å². The molecule has 1 heterocycles. The van der Waals surface area contributed by atoms with E-state index in [1.54, 1.807) is 0 Å². The number of hydrogen-bond donors (Lipinski definition) is 0. The van der Waals surface area contributed by atoms with Crippen molar-refractivity contribution in [3.63, 3.8) is 0 Å². The van der Waals surface area contributed by atoms with E-state index in [0.717, 1.165) is 21.6 Å². The molecule has 0 saturated carbocycles. The second-order valence-corrected chi connectivity index (χ2v) is 8.01. The lowest BCUT2D eigenvalue weighted by Crippen LogP contribution is -2.59. The van der Waals surface area contributed by atoms with E-state index in [-0.39, 0.29) is 0 Å². The van der Waals surface area contributed by atoms with Crippen LogP contribution < -0.4 is 0 Å². The van der Waals surface area contributed by atoms with E-state index in [1.165, 1.54) is 6.42 Å². The smallest absolute Gasteiger partial charge is 0.143 e. The Hall–Kier alpha value is 0.0500. The SMILES string of the molecule is C=C[N+](C)(C)C1SC(C(C)(C)C(C)CC)C1C. The van der Waals surface area contributed by atoms with Crippen LogP contribution >= 0.6 is 11.8 Å². The van der Waals surface area contributed by atoms with Gasteiger partial charge < -0.3 is 0 Å². The molecule has 1 saturated heterocycles. The molecule has 1 aliphatic rings. The van der Waals surface area contributed by atoms with Gasteiger partial charge in [-0.2, -0.15) is 0 Å². The molecule has 17 heavy (non-hydrogen) atoms. The van der Waals surface area contributed by atoms with E-state index in [1.807, 2.05) is 0 Å². The molecular weight excluding hydrogens is 226 g/mol. The van der Waals surface area contributed by atoms with E-state index in [2.05, 4.69) is 73.3 Å². The van der Waals surface area contributed by atoms with Crippen LogP contribution in [0, 0.1) is 17.3 Å². The Morgan fingerprint density at radius 3 is 2.29 bits per heavy atom. The molecular formula is C15H30NS+. The summed E-state index contributed by atoms with van der Waals surface area (Å²) in [5.41, 5.74) is 0.441. The summed E-state index contributed by atoms with van der Waals surface area (Å²) in [6.45, 7) is 16.0. The van der Waals surface area contributed by atoms with Gasteiger partial charge in [0.25, 0.3) is 0 Å². The number of hydrogen-bond acceptors (Lipinski definition) is 1. The van der Waals surface area contributed by atoms with Crippen LogP contribution in [0.15, 0.2) is 12.8 Å². The number of rotatable bonds is 5. The number of thioether (sulfide) groups is 1. The lowest BCUT2D eigenvalue weighted by molar-refractivity contribution is -0.855. The summed E-state index contributed by atoms with van der Waals surface area (Å²) in [5.74, 6) is 1.57. The van der Waals surface area contributed by atoms with Gasteiger partial charge >= 0.3 is 0 Å². The van der Waals surface area contributed by atoms with Gasteiger partial charge in [-0.15, -0.1) is 0 Å². The molecule has 0 aromatic rings. The third-order valence-corrected chi connectivity index (χ3v) is 7.54. The molecule has 0 radical (unpaired) electrons. The summed E-state index contributed by atoms with van der Waals surface area (Å²) in [7, 11) is 4.52. The van der Waals surface area contributed by atoms with Crippen molar-refractivity contribution in [2.24, 2.45) is 17.3 Å². The fraction of sp³-hybridized carbons (Fsp3) is 0.867. The predicted octanol–water partition coefficient (Wildman–Crippen LogP) is 4.36. The van der Waals surface area contributed by atoms with Gasteiger partial charge in [-0.25, -0.2) is 0 Å². The molecule has 1 fully saturated rings. The second-order valence-electron chi connectivity index (χ2n) is 6.75.